The fourth-order valence-electron chi connectivity index (χ4n) is 4.22. The number of hydrogen-bond donors (Lipinski definition) is 2. The van der Waals surface area contributed by atoms with Crippen LogP contribution in [0, 0.1) is 5.92 Å². The van der Waals surface area contributed by atoms with Crippen LogP contribution in [0.25, 0.3) is 0 Å². The molecule has 0 bridgehead atoms. The Kier molecular flexibility index (Phi) is 7.21. The van der Waals surface area contributed by atoms with Crippen molar-refractivity contribution in [3.8, 4) is 5.75 Å². The van der Waals surface area contributed by atoms with Crippen molar-refractivity contribution in [2.24, 2.45) is 10.9 Å². The molecule has 27 heavy (non-hydrogen) atoms. The number of piperidine rings is 1. The maximum atomic E-state index is 5.52. The highest BCUT2D eigenvalue weighted by Crippen LogP contribution is 2.30. The van der Waals surface area contributed by atoms with Gasteiger partial charge in [-0.25, -0.2) is 0 Å². The van der Waals surface area contributed by atoms with Crippen LogP contribution in [-0.4, -0.2) is 70.3 Å². The Bertz CT molecular complexity index is 620. The fraction of sp³-hybridized carbons (Fsp3) is 0.667. The monoisotopic (exact) mass is 373 g/mol. The lowest BCUT2D eigenvalue weighted by molar-refractivity contribution is 0.183. The highest BCUT2D eigenvalue weighted by molar-refractivity contribution is 5.80. The van der Waals surface area contributed by atoms with Crippen LogP contribution in [0.4, 0.5) is 5.69 Å². The lowest BCUT2D eigenvalue weighted by atomic mass is 9.98. The van der Waals surface area contributed by atoms with Gasteiger partial charge in [-0.3, -0.25) is 4.99 Å². The molecule has 0 amide bonds. The molecule has 2 saturated heterocycles. The lowest BCUT2D eigenvalue weighted by Gasteiger charge is -2.32. The van der Waals surface area contributed by atoms with Crippen molar-refractivity contribution in [2.45, 2.75) is 32.2 Å². The van der Waals surface area contributed by atoms with Crippen LogP contribution in [0.15, 0.2) is 29.3 Å². The van der Waals surface area contributed by atoms with Crippen molar-refractivity contribution >= 4 is 11.6 Å². The molecule has 2 atom stereocenters. The van der Waals surface area contributed by atoms with Gasteiger partial charge in [0.15, 0.2) is 5.96 Å². The molecule has 0 saturated carbocycles. The first-order valence-corrected chi connectivity index (χ1v) is 10.3. The molecule has 0 aromatic heterocycles. The molecule has 1 aromatic rings. The summed E-state index contributed by atoms with van der Waals surface area (Å²) < 4.78 is 5.52. The predicted molar refractivity (Wildman–Crippen MR) is 113 cm³/mol. The molecule has 3 rings (SSSR count). The molecule has 2 aliphatic rings. The first kappa shape index (κ1) is 19.8. The molecule has 6 nitrogen and oxygen atoms in total. The smallest absolute Gasteiger partial charge is 0.191 e. The normalized spacial score (nSPS) is 24.1. The summed E-state index contributed by atoms with van der Waals surface area (Å²) in [6, 6.07) is 8.66. The van der Waals surface area contributed by atoms with Gasteiger partial charge in [0.1, 0.15) is 5.75 Å². The number of methoxy groups -OCH3 is 1. The zero-order valence-electron chi connectivity index (χ0n) is 17.1. The summed E-state index contributed by atoms with van der Waals surface area (Å²) in [7, 11) is 3.60. The van der Waals surface area contributed by atoms with E-state index in [4.69, 9.17) is 4.74 Å². The molecule has 6 heteroatoms. The van der Waals surface area contributed by atoms with Crippen molar-refractivity contribution < 1.29 is 4.74 Å². The van der Waals surface area contributed by atoms with Crippen molar-refractivity contribution in [1.29, 1.82) is 0 Å². The summed E-state index contributed by atoms with van der Waals surface area (Å²) in [5.74, 6) is 2.58. The van der Waals surface area contributed by atoms with Gasteiger partial charge in [-0.2, -0.15) is 0 Å². The number of ether oxygens (including phenoxy) is 1. The minimum Gasteiger partial charge on any atom is -0.495 e. The molecular weight excluding hydrogens is 338 g/mol. The molecule has 150 valence electrons. The number of aliphatic imine (C=N–C) groups is 1. The SMILES string of the molecule is CCN1CCCC(CNC(=NC)NC2CCN(c3ccccc3OC)C2)C1. The molecule has 0 spiro atoms. The van der Waals surface area contributed by atoms with Crippen LogP contribution in [0.5, 0.6) is 5.75 Å². The molecule has 2 unspecified atom stereocenters. The number of nitrogens with zero attached hydrogens (tertiary/aromatic N) is 3. The van der Waals surface area contributed by atoms with E-state index in [2.05, 4.69) is 44.5 Å². The Morgan fingerprint density at radius 2 is 2.07 bits per heavy atom. The van der Waals surface area contributed by atoms with Gasteiger partial charge in [0.05, 0.1) is 12.8 Å². The van der Waals surface area contributed by atoms with Gasteiger partial charge in [0.2, 0.25) is 0 Å². The zero-order chi connectivity index (χ0) is 19.1. The van der Waals surface area contributed by atoms with E-state index < -0.39 is 0 Å². The number of anilines is 1. The average molecular weight is 374 g/mol. The quantitative estimate of drug-likeness (QED) is 0.591. The second-order valence-electron chi connectivity index (χ2n) is 7.60. The maximum absolute atomic E-state index is 5.52. The molecule has 1 aromatic carbocycles. The van der Waals surface area contributed by atoms with Crippen molar-refractivity contribution in [3.63, 3.8) is 0 Å². The third kappa shape index (κ3) is 5.28. The Labute approximate surface area is 164 Å². The highest BCUT2D eigenvalue weighted by Gasteiger charge is 2.25. The highest BCUT2D eigenvalue weighted by atomic mass is 16.5. The Hall–Kier alpha value is -1.95. The van der Waals surface area contributed by atoms with Gasteiger partial charge in [-0.15, -0.1) is 0 Å². The summed E-state index contributed by atoms with van der Waals surface area (Å²) >= 11 is 0. The first-order chi connectivity index (χ1) is 13.2. The third-order valence-electron chi connectivity index (χ3n) is 5.79. The Balaban J connectivity index is 1.48. The molecule has 2 aliphatic heterocycles. The third-order valence-corrected chi connectivity index (χ3v) is 5.79. The van der Waals surface area contributed by atoms with E-state index in [0.717, 1.165) is 44.3 Å². The van der Waals surface area contributed by atoms with Crippen LogP contribution in [0.3, 0.4) is 0 Å². The fourth-order valence-corrected chi connectivity index (χ4v) is 4.22. The largest absolute Gasteiger partial charge is 0.495 e. The minimum atomic E-state index is 0.402. The summed E-state index contributed by atoms with van der Waals surface area (Å²) in [5, 5.41) is 7.17. The van der Waals surface area contributed by atoms with E-state index in [9.17, 15) is 0 Å². The van der Waals surface area contributed by atoms with Crippen LogP contribution in [0.2, 0.25) is 0 Å². The van der Waals surface area contributed by atoms with Crippen LogP contribution in [-0.2, 0) is 0 Å². The van der Waals surface area contributed by atoms with E-state index >= 15 is 0 Å². The number of nitrogens with one attached hydrogen (secondary N) is 2. The molecular formula is C21H35N5O. The van der Waals surface area contributed by atoms with Crippen molar-refractivity contribution in [3.05, 3.63) is 24.3 Å². The van der Waals surface area contributed by atoms with Crippen LogP contribution >= 0.6 is 0 Å². The van der Waals surface area contributed by atoms with Gasteiger partial charge >= 0.3 is 0 Å². The molecule has 2 fully saturated rings. The first-order valence-electron chi connectivity index (χ1n) is 10.3. The van der Waals surface area contributed by atoms with Crippen LogP contribution < -0.4 is 20.3 Å². The average Bonchev–Trinajstić information content (AvgIpc) is 3.19. The number of likely N-dealkylation sites (tertiary alicyclic amines) is 1. The zero-order valence-corrected chi connectivity index (χ0v) is 17.1. The summed E-state index contributed by atoms with van der Waals surface area (Å²) in [6.45, 7) is 8.86. The molecule has 0 aliphatic carbocycles. The summed E-state index contributed by atoms with van der Waals surface area (Å²) in [4.78, 5) is 9.39. The van der Waals surface area contributed by atoms with Crippen molar-refractivity contribution in [2.75, 3.05) is 58.3 Å². The molecule has 2 N–H and O–H groups in total. The van der Waals surface area contributed by atoms with Gasteiger partial charge in [0.25, 0.3) is 0 Å². The Morgan fingerprint density at radius 3 is 2.85 bits per heavy atom. The number of guanidine groups is 1. The van der Waals surface area contributed by atoms with Gasteiger partial charge in [0, 0.05) is 39.3 Å². The number of hydrogen-bond acceptors (Lipinski definition) is 4. The second kappa shape index (κ2) is 9.83. The number of para-hydroxylation sites is 2. The van der Waals surface area contributed by atoms with Crippen molar-refractivity contribution in [1.82, 2.24) is 15.5 Å². The molecule has 0 radical (unpaired) electrons. The van der Waals surface area contributed by atoms with Crippen LogP contribution in [0.1, 0.15) is 26.2 Å². The number of benzene rings is 1. The molecule has 2 heterocycles. The summed E-state index contributed by atoms with van der Waals surface area (Å²) in [5.41, 5.74) is 1.18. The predicted octanol–water partition coefficient (Wildman–Crippen LogP) is 2.17. The van der Waals surface area contributed by atoms with E-state index in [-0.39, 0.29) is 0 Å². The Morgan fingerprint density at radius 1 is 1.22 bits per heavy atom. The van der Waals surface area contributed by atoms with Gasteiger partial charge < -0.3 is 25.2 Å². The van der Waals surface area contributed by atoms with Gasteiger partial charge in [-0.05, 0) is 50.4 Å². The van der Waals surface area contributed by atoms with E-state index in [1.54, 1.807) is 7.11 Å². The van der Waals surface area contributed by atoms with Gasteiger partial charge in [-0.1, -0.05) is 19.1 Å². The second-order valence-corrected chi connectivity index (χ2v) is 7.60. The maximum Gasteiger partial charge on any atom is 0.191 e. The summed E-state index contributed by atoms with van der Waals surface area (Å²) in [6.07, 6.45) is 3.72. The standard InChI is InChI=1S/C21H35N5O/c1-4-25-12-7-8-17(15-25)14-23-21(22-2)24-18-11-13-26(16-18)19-9-5-6-10-20(19)27-3/h5-6,9-10,17-18H,4,7-8,11-16H2,1-3H3,(H2,22,23,24). The topological polar surface area (TPSA) is 52.1 Å². The lowest BCUT2D eigenvalue weighted by Crippen LogP contribution is -2.47. The minimum absolute atomic E-state index is 0.402. The van der Waals surface area contributed by atoms with E-state index in [1.165, 1.54) is 31.6 Å². The van der Waals surface area contributed by atoms with E-state index in [0.29, 0.717) is 12.0 Å². The number of rotatable bonds is 6. The van der Waals surface area contributed by atoms with E-state index in [1.807, 2.05) is 19.2 Å².